The summed E-state index contributed by atoms with van der Waals surface area (Å²) in [5, 5.41) is 9.07. The number of pyridine rings is 1. The van der Waals surface area contributed by atoms with Gasteiger partial charge in [-0.2, -0.15) is 13.2 Å². The Morgan fingerprint density at radius 3 is 2.45 bits per heavy atom. The third kappa shape index (κ3) is 5.98. The van der Waals surface area contributed by atoms with Crippen molar-refractivity contribution in [1.29, 1.82) is 0 Å². The Kier molecular flexibility index (Phi) is 8.05. The Morgan fingerprint density at radius 1 is 1.13 bits per heavy atom. The van der Waals surface area contributed by atoms with Gasteiger partial charge in [0.15, 0.2) is 0 Å². The van der Waals surface area contributed by atoms with Crippen LogP contribution in [-0.4, -0.2) is 55.3 Å². The van der Waals surface area contributed by atoms with Crippen molar-refractivity contribution in [2.24, 2.45) is 5.92 Å². The SMILES string of the molecule is Cc1c(C(=O)N2CCC(CC(=O)O)CC2)sc2c1c(=O)n(CCc1ccccn1)c(=O)n2CCC(F)(F)F. The minimum Gasteiger partial charge on any atom is -0.481 e. The van der Waals surface area contributed by atoms with Crippen LogP contribution in [-0.2, 0) is 24.3 Å². The lowest BCUT2D eigenvalue weighted by Gasteiger charge is -2.31. The lowest BCUT2D eigenvalue weighted by atomic mass is 9.93. The standard InChI is InChI=1S/C25H27F3N4O5S/c1-15-19-21(35)31(12-7-17-4-2-3-9-29-17)24(37)32(13-8-25(26,27)28)23(19)38-20(15)22(36)30-10-5-16(6-11-30)14-18(33)34/h2-4,9,16H,5-8,10-14H2,1H3,(H,33,34). The molecule has 0 radical (unpaired) electrons. The molecule has 1 aliphatic rings. The summed E-state index contributed by atoms with van der Waals surface area (Å²) in [5.74, 6) is -1.32. The van der Waals surface area contributed by atoms with E-state index in [0.717, 1.165) is 20.5 Å². The van der Waals surface area contributed by atoms with Crippen LogP contribution in [0.2, 0.25) is 0 Å². The minimum atomic E-state index is -4.52. The number of carbonyl (C=O) groups excluding carboxylic acids is 1. The Balaban J connectivity index is 1.72. The predicted molar refractivity (Wildman–Crippen MR) is 135 cm³/mol. The van der Waals surface area contributed by atoms with Gasteiger partial charge < -0.3 is 10.0 Å². The third-order valence-electron chi connectivity index (χ3n) is 6.79. The van der Waals surface area contributed by atoms with Crippen molar-refractivity contribution < 1.29 is 27.9 Å². The molecule has 1 N–H and O–H groups in total. The average molecular weight is 553 g/mol. The summed E-state index contributed by atoms with van der Waals surface area (Å²) >= 11 is 0.850. The number of aliphatic carboxylic acids is 1. The Bertz CT molecular complexity index is 1450. The number of alkyl halides is 3. The van der Waals surface area contributed by atoms with Gasteiger partial charge in [0.2, 0.25) is 0 Å². The summed E-state index contributed by atoms with van der Waals surface area (Å²) in [7, 11) is 0. The van der Waals surface area contributed by atoms with Crippen LogP contribution in [0.4, 0.5) is 13.2 Å². The van der Waals surface area contributed by atoms with Crippen LogP contribution < -0.4 is 11.2 Å². The first-order valence-corrected chi connectivity index (χ1v) is 13.0. The number of hydrogen-bond acceptors (Lipinski definition) is 6. The van der Waals surface area contributed by atoms with Crippen LogP contribution in [0.25, 0.3) is 10.2 Å². The van der Waals surface area contributed by atoms with E-state index in [2.05, 4.69) is 4.98 Å². The lowest BCUT2D eigenvalue weighted by molar-refractivity contribution is -0.138. The van der Waals surface area contributed by atoms with Gasteiger partial charge in [0.1, 0.15) is 4.83 Å². The number of carbonyl (C=O) groups is 2. The number of amides is 1. The van der Waals surface area contributed by atoms with Crippen LogP contribution in [0.1, 0.15) is 46.6 Å². The minimum absolute atomic E-state index is 0.0213. The molecule has 1 aliphatic heterocycles. The van der Waals surface area contributed by atoms with E-state index in [1.54, 1.807) is 36.2 Å². The van der Waals surface area contributed by atoms with Crippen molar-refractivity contribution in [3.8, 4) is 0 Å². The van der Waals surface area contributed by atoms with Gasteiger partial charge in [-0.1, -0.05) is 6.07 Å². The third-order valence-corrected chi connectivity index (χ3v) is 8.09. The molecule has 1 saturated heterocycles. The Morgan fingerprint density at radius 2 is 1.84 bits per heavy atom. The van der Waals surface area contributed by atoms with E-state index in [1.807, 2.05) is 0 Å². The molecular formula is C25H27F3N4O5S. The molecule has 1 fully saturated rings. The Labute approximate surface area is 219 Å². The monoisotopic (exact) mass is 552 g/mol. The summed E-state index contributed by atoms with van der Waals surface area (Å²) in [5.41, 5.74) is -0.584. The fourth-order valence-corrected chi connectivity index (χ4v) is 6.02. The topological polar surface area (TPSA) is 115 Å². The number of carboxylic acid groups (broad SMARTS) is 1. The molecule has 0 aromatic carbocycles. The quantitative estimate of drug-likeness (QED) is 0.458. The van der Waals surface area contributed by atoms with Gasteiger partial charge in [-0.3, -0.25) is 28.5 Å². The lowest BCUT2D eigenvalue weighted by Crippen LogP contribution is -2.40. The van der Waals surface area contributed by atoms with E-state index in [-0.39, 0.29) is 46.3 Å². The Hall–Kier alpha value is -3.48. The zero-order valence-corrected chi connectivity index (χ0v) is 21.5. The van der Waals surface area contributed by atoms with Crippen LogP contribution in [0.3, 0.4) is 0 Å². The highest BCUT2D eigenvalue weighted by Crippen LogP contribution is 2.31. The molecule has 204 valence electrons. The van der Waals surface area contributed by atoms with Gasteiger partial charge in [0, 0.05) is 50.9 Å². The van der Waals surface area contributed by atoms with Gasteiger partial charge >= 0.3 is 17.8 Å². The summed E-state index contributed by atoms with van der Waals surface area (Å²) in [4.78, 5) is 57.0. The highest BCUT2D eigenvalue weighted by atomic mass is 32.1. The van der Waals surface area contributed by atoms with E-state index in [4.69, 9.17) is 5.11 Å². The van der Waals surface area contributed by atoms with Crippen molar-refractivity contribution in [3.05, 3.63) is 61.4 Å². The molecular weight excluding hydrogens is 525 g/mol. The van der Waals surface area contributed by atoms with Gasteiger partial charge in [0.25, 0.3) is 11.5 Å². The number of likely N-dealkylation sites (tertiary alicyclic amines) is 1. The first kappa shape index (κ1) is 27.6. The number of aromatic nitrogens is 3. The van der Waals surface area contributed by atoms with E-state index in [1.165, 1.54) is 0 Å². The second-order valence-electron chi connectivity index (χ2n) is 9.40. The molecule has 3 aromatic rings. The largest absolute Gasteiger partial charge is 0.481 e. The number of halogens is 3. The van der Waals surface area contributed by atoms with Gasteiger partial charge in [-0.05, 0) is 43.4 Å². The number of thiophene rings is 1. The molecule has 0 spiro atoms. The van der Waals surface area contributed by atoms with Crippen LogP contribution in [0, 0.1) is 12.8 Å². The van der Waals surface area contributed by atoms with Crippen molar-refractivity contribution in [2.45, 2.75) is 58.3 Å². The van der Waals surface area contributed by atoms with E-state index < -0.39 is 36.4 Å². The summed E-state index contributed by atoms with van der Waals surface area (Å²) in [6.07, 6.45) is -2.95. The fourth-order valence-electron chi connectivity index (χ4n) is 4.73. The molecule has 3 aromatic heterocycles. The maximum atomic E-state index is 13.4. The summed E-state index contributed by atoms with van der Waals surface area (Å²) in [6.45, 7) is 1.47. The average Bonchev–Trinajstić information content (AvgIpc) is 3.20. The molecule has 9 nitrogen and oxygen atoms in total. The highest BCUT2D eigenvalue weighted by Gasteiger charge is 2.31. The van der Waals surface area contributed by atoms with Crippen molar-refractivity contribution >= 4 is 33.4 Å². The first-order chi connectivity index (χ1) is 18.0. The molecule has 13 heteroatoms. The fraction of sp³-hybridized carbons (Fsp3) is 0.480. The highest BCUT2D eigenvalue weighted by molar-refractivity contribution is 7.20. The molecule has 4 rings (SSSR count). The molecule has 0 unspecified atom stereocenters. The van der Waals surface area contributed by atoms with Crippen LogP contribution in [0.5, 0.6) is 0 Å². The van der Waals surface area contributed by atoms with E-state index >= 15 is 0 Å². The normalized spacial score (nSPS) is 14.8. The second kappa shape index (κ2) is 11.1. The number of nitrogens with zero attached hydrogens (tertiary/aromatic N) is 4. The summed E-state index contributed by atoms with van der Waals surface area (Å²) < 4.78 is 41.2. The van der Waals surface area contributed by atoms with Gasteiger partial charge in [0.05, 0.1) is 16.7 Å². The molecule has 1 amide bonds. The number of aryl methyl sites for hydroxylation is 3. The number of piperidine rings is 1. The molecule has 0 aliphatic carbocycles. The van der Waals surface area contributed by atoms with Crippen molar-refractivity contribution in [3.63, 3.8) is 0 Å². The zero-order chi connectivity index (χ0) is 27.6. The maximum Gasteiger partial charge on any atom is 0.390 e. The number of hydrogen-bond donors (Lipinski definition) is 1. The number of fused-ring (bicyclic) bond motifs is 1. The predicted octanol–water partition coefficient (Wildman–Crippen LogP) is 3.45. The molecule has 0 atom stereocenters. The first-order valence-electron chi connectivity index (χ1n) is 12.2. The maximum absolute atomic E-state index is 13.4. The van der Waals surface area contributed by atoms with E-state index in [9.17, 15) is 32.3 Å². The second-order valence-corrected chi connectivity index (χ2v) is 10.4. The summed E-state index contributed by atoms with van der Waals surface area (Å²) in [6, 6.07) is 5.19. The van der Waals surface area contributed by atoms with Crippen LogP contribution >= 0.6 is 11.3 Å². The number of rotatable bonds is 8. The van der Waals surface area contributed by atoms with Crippen molar-refractivity contribution in [1.82, 2.24) is 19.0 Å². The molecule has 0 bridgehead atoms. The smallest absolute Gasteiger partial charge is 0.390 e. The van der Waals surface area contributed by atoms with E-state index in [0.29, 0.717) is 37.2 Å². The molecule has 0 saturated carbocycles. The molecule has 38 heavy (non-hydrogen) atoms. The van der Waals surface area contributed by atoms with Crippen LogP contribution in [0.15, 0.2) is 34.0 Å². The zero-order valence-electron chi connectivity index (χ0n) is 20.7. The van der Waals surface area contributed by atoms with Gasteiger partial charge in [-0.25, -0.2) is 4.79 Å². The van der Waals surface area contributed by atoms with Gasteiger partial charge in [-0.15, -0.1) is 11.3 Å². The molecule has 4 heterocycles. The number of carboxylic acids is 1. The van der Waals surface area contributed by atoms with Crippen molar-refractivity contribution in [2.75, 3.05) is 13.1 Å².